The molecule has 0 bridgehead atoms. The molecule has 2 N–H and O–H groups in total. The van der Waals surface area contributed by atoms with Crippen LogP contribution in [-0.4, -0.2) is 90.3 Å². The molecular weight excluding hydrogens is 447 g/mol. The molecular formula is C18H37IN4O3. The molecule has 0 spiro atoms. The van der Waals surface area contributed by atoms with Crippen LogP contribution >= 0.6 is 24.0 Å². The normalized spacial score (nSPS) is 20.3. The maximum Gasteiger partial charge on any atom is 0.191 e. The van der Waals surface area contributed by atoms with Crippen molar-refractivity contribution in [2.75, 3.05) is 73.4 Å². The largest absolute Gasteiger partial charge is 0.383 e. The Morgan fingerprint density at radius 1 is 1.15 bits per heavy atom. The molecule has 7 nitrogen and oxygen atoms in total. The van der Waals surface area contributed by atoms with Gasteiger partial charge in [-0.3, -0.25) is 9.89 Å². The average molecular weight is 484 g/mol. The minimum Gasteiger partial charge on any atom is -0.383 e. The van der Waals surface area contributed by atoms with E-state index in [-0.39, 0.29) is 24.0 Å². The van der Waals surface area contributed by atoms with E-state index < -0.39 is 0 Å². The lowest BCUT2D eigenvalue weighted by Crippen LogP contribution is -2.43. The summed E-state index contributed by atoms with van der Waals surface area (Å²) in [6.07, 6.45) is 4.76. The predicted octanol–water partition coefficient (Wildman–Crippen LogP) is 1.32. The summed E-state index contributed by atoms with van der Waals surface area (Å²) in [4.78, 5) is 6.79. The number of nitrogens with zero attached hydrogens (tertiary/aromatic N) is 2. The molecule has 2 fully saturated rings. The highest BCUT2D eigenvalue weighted by Gasteiger charge is 2.28. The van der Waals surface area contributed by atoms with E-state index in [1.165, 1.54) is 12.8 Å². The van der Waals surface area contributed by atoms with Gasteiger partial charge in [0.1, 0.15) is 0 Å². The van der Waals surface area contributed by atoms with Crippen LogP contribution in [0.2, 0.25) is 0 Å². The summed E-state index contributed by atoms with van der Waals surface area (Å²) in [5.41, 5.74) is 0. The van der Waals surface area contributed by atoms with E-state index in [0.29, 0.717) is 5.92 Å². The van der Waals surface area contributed by atoms with Gasteiger partial charge in [0.05, 0.1) is 19.8 Å². The Bertz CT molecular complexity index is 377. The monoisotopic (exact) mass is 484 g/mol. The minimum atomic E-state index is 0. The van der Waals surface area contributed by atoms with Crippen LogP contribution in [0.4, 0.5) is 0 Å². The number of nitrogens with one attached hydrogen (secondary N) is 2. The van der Waals surface area contributed by atoms with E-state index in [2.05, 4.69) is 20.5 Å². The maximum atomic E-state index is 5.72. The predicted molar refractivity (Wildman–Crippen MR) is 116 cm³/mol. The molecule has 1 aliphatic carbocycles. The number of rotatable bonds is 13. The van der Waals surface area contributed by atoms with Crippen molar-refractivity contribution >= 4 is 29.9 Å². The number of hydrogen-bond acceptors (Lipinski definition) is 5. The third-order valence-corrected chi connectivity index (χ3v) is 4.70. The second kappa shape index (κ2) is 14.8. The lowest BCUT2D eigenvalue weighted by molar-refractivity contribution is 0.0888. The van der Waals surface area contributed by atoms with Crippen molar-refractivity contribution in [2.24, 2.45) is 10.9 Å². The molecule has 1 saturated heterocycles. The van der Waals surface area contributed by atoms with Gasteiger partial charge in [-0.1, -0.05) is 0 Å². The number of guanidine groups is 1. The van der Waals surface area contributed by atoms with Crippen molar-refractivity contribution in [1.29, 1.82) is 0 Å². The van der Waals surface area contributed by atoms with Crippen LogP contribution in [0.5, 0.6) is 0 Å². The van der Waals surface area contributed by atoms with Crippen LogP contribution in [0.3, 0.4) is 0 Å². The molecule has 154 valence electrons. The van der Waals surface area contributed by atoms with Crippen molar-refractivity contribution in [3.63, 3.8) is 0 Å². The van der Waals surface area contributed by atoms with Crippen molar-refractivity contribution in [3.8, 4) is 0 Å². The molecule has 0 aromatic carbocycles. The zero-order valence-electron chi connectivity index (χ0n) is 16.4. The molecule has 0 amide bonds. The van der Waals surface area contributed by atoms with E-state index in [4.69, 9.17) is 14.2 Å². The van der Waals surface area contributed by atoms with E-state index >= 15 is 0 Å². The van der Waals surface area contributed by atoms with Crippen molar-refractivity contribution < 1.29 is 14.2 Å². The molecule has 1 unspecified atom stereocenters. The van der Waals surface area contributed by atoms with Crippen LogP contribution in [0.25, 0.3) is 0 Å². The average Bonchev–Trinajstić information content (AvgIpc) is 3.34. The number of hydrogen-bond donors (Lipinski definition) is 2. The Hall–Kier alpha value is -0.160. The number of methoxy groups -OCH3 is 1. The molecule has 1 heterocycles. The first-order valence-electron chi connectivity index (χ1n) is 9.66. The van der Waals surface area contributed by atoms with Gasteiger partial charge in [0.15, 0.2) is 5.96 Å². The smallest absolute Gasteiger partial charge is 0.191 e. The highest BCUT2D eigenvalue weighted by molar-refractivity contribution is 14.0. The molecule has 0 radical (unpaired) electrons. The Kier molecular flexibility index (Phi) is 13.6. The fourth-order valence-corrected chi connectivity index (χ4v) is 3.01. The highest BCUT2D eigenvalue weighted by atomic mass is 127. The first-order chi connectivity index (χ1) is 12.3. The summed E-state index contributed by atoms with van der Waals surface area (Å²) in [7, 11) is 3.58. The number of ether oxygens (including phenoxy) is 3. The van der Waals surface area contributed by atoms with Crippen LogP contribution in [0.1, 0.15) is 25.7 Å². The number of aliphatic imine (C=N–C) groups is 1. The lowest BCUT2D eigenvalue weighted by Gasteiger charge is -2.22. The van der Waals surface area contributed by atoms with Crippen LogP contribution in [0.15, 0.2) is 4.99 Å². The van der Waals surface area contributed by atoms with E-state index in [1.54, 1.807) is 7.11 Å². The Balaban J connectivity index is 0.00000338. The zero-order valence-corrected chi connectivity index (χ0v) is 18.7. The first kappa shape index (κ1) is 23.9. The van der Waals surface area contributed by atoms with E-state index in [9.17, 15) is 0 Å². The molecule has 1 saturated carbocycles. The molecule has 26 heavy (non-hydrogen) atoms. The Morgan fingerprint density at radius 2 is 1.96 bits per heavy atom. The summed E-state index contributed by atoms with van der Waals surface area (Å²) < 4.78 is 16.3. The molecule has 2 rings (SSSR count). The van der Waals surface area contributed by atoms with Crippen molar-refractivity contribution in [2.45, 2.75) is 31.7 Å². The summed E-state index contributed by atoms with van der Waals surface area (Å²) in [5, 5.41) is 6.74. The fourth-order valence-electron chi connectivity index (χ4n) is 3.01. The van der Waals surface area contributed by atoms with E-state index in [0.717, 1.165) is 84.1 Å². The molecule has 2 aliphatic rings. The van der Waals surface area contributed by atoms with Gasteiger partial charge in [-0.25, -0.2) is 0 Å². The molecule has 0 aromatic heterocycles. The summed E-state index contributed by atoms with van der Waals surface area (Å²) >= 11 is 0. The number of halogens is 1. The van der Waals surface area contributed by atoms with Gasteiger partial charge in [-0.15, -0.1) is 24.0 Å². The third-order valence-electron chi connectivity index (χ3n) is 4.70. The summed E-state index contributed by atoms with van der Waals surface area (Å²) in [5.74, 6) is 1.46. The maximum absolute atomic E-state index is 5.72. The second-order valence-electron chi connectivity index (χ2n) is 6.84. The summed E-state index contributed by atoms with van der Waals surface area (Å²) in [6, 6.07) is 0.759. The van der Waals surface area contributed by atoms with Gasteiger partial charge >= 0.3 is 0 Å². The Morgan fingerprint density at radius 3 is 2.62 bits per heavy atom. The van der Waals surface area contributed by atoms with Crippen LogP contribution in [0, 0.1) is 5.92 Å². The summed E-state index contributed by atoms with van der Waals surface area (Å²) in [6.45, 7) is 7.97. The second-order valence-corrected chi connectivity index (χ2v) is 6.84. The van der Waals surface area contributed by atoms with Gasteiger partial charge in [0.2, 0.25) is 0 Å². The van der Waals surface area contributed by atoms with Gasteiger partial charge in [-0.2, -0.15) is 0 Å². The van der Waals surface area contributed by atoms with Crippen molar-refractivity contribution in [3.05, 3.63) is 0 Å². The standard InChI is InChI=1S/C18H36N4O3.HI/c1-19-18(20-7-3-11-24-14-16-6-12-25-15-16)21-8-9-22(10-13-23-2)17-4-5-17;/h16-17H,3-15H2,1-2H3,(H2,19,20,21);1H. The quantitative estimate of drug-likeness (QED) is 0.178. The van der Waals surface area contributed by atoms with Gasteiger partial charge in [-0.05, 0) is 25.7 Å². The van der Waals surface area contributed by atoms with Gasteiger partial charge in [0, 0.05) is 65.5 Å². The Labute approximate surface area is 175 Å². The SMILES string of the molecule is CN=C(NCCCOCC1CCOC1)NCCN(CCOC)C1CC1.I. The molecule has 8 heteroatoms. The van der Waals surface area contributed by atoms with Crippen LogP contribution in [-0.2, 0) is 14.2 Å². The lowest BCUT2D eigenvalue weighted by atomic mass is 10.1. The van der Waals surface area contributed by atoms with Crippen molar-refractivity contribution in [1.82, 2.24) is 15.5 Å². The first-order valence-corrected chi connectivity index (χ1v) is 9.66. The zero-order chi connectivity index (χ0) is 17.7. The minimum absolute atomic E-state index is 0. The molecule has 1 aliphatic heterocycles. The topological polar surface area (TPSA) is 67.4 Å². The van der Waals surface area contributed by atoms with Gasteiger partial charge < -0.3 is 24.8 Å². The highest BCUT2D eigenvalue weighted by Crippen LogP contribution is 2.25. The fraction of sp³-hybridized carbons (Fsp3) is 0.944. The molecule has 0 aromatic rings. The van der Waals surface area contributed by atoms with Gasteiger partial charge in [0.25, 0.3) is 0 Å². The molecule has 1 atom stereocenters. The van der Waals surface area contributed by atoms with Crippen LogP contribution < -0.4 is 10.6 Å². The third kappa shape index (κ3) is 10.2. The van der Waals surface area contributed by atoms with E-state index in [1.807, 2.05) is 7.05 Å².